The fraction of sp³-hybridized carbons (Fsp3) is 0.0870. The van der Waals surface area contributed by atoms with Crippen molar-refractivity contribution >= 4 is 29.1 Å². The summed E-state index contributed by atoms with van der Waals surface area (Å²) >= 11 is 1.60. The summed E-state index contributed by atoms with van der Waals surface area (Å²) in [5, 5.41) is 13.9. The van der Waals surface area contributed by atoms with Crippen LogP contribution in [0.5, 0.6) is 5.75 Å². The Morgan fingerprint density at radius 3 is 2.71 bits per heavy atom. The molecule has 0 aliphatic heterocycles. The number of hydrazone groups is 1. The topological polar surface area (TPSA) is 80.5 Å². The summed E-state index contributed by atoms with van der Waals surface area (Å²) in [5.74, 6) is 0.406. The summed E-state index contributed by atoms with van der Waals surface area (Å²) in [6.45, 7) is 0.0682. The second-order valence-electron chi connectivity index (χ2n) is 6.54. The van der Waals surface area contributed by atoms with E-state index < -0.39 is 0 Å². The maximum absolute atomic E-state index is 12.2. The van der Waals surface area contributed by atoms with Crippen LogP contribution >= 0.6 is 11.3 Å². The maximum Gasteiger partial charge on any atom is 0.259 e. The average Bonchev–Trinajstić information content (AvgIpc) is 3.48. The highest BCUT2D eigenvalue weighted by molar-refractivity contribution is 7.13. The van der Waals surface area contributed by atoms with Gasteiger partial charge in [0.15, 0.2) is 0 Å². The van der Waals surface area contributed by atoms with Gasteiger partial charge >= 0.3 is 0 Å². The number of carbonyl (C=O) groups excluding carboxylic acids is 1. The number of nitrogens with one attached hydrogen (secondary N) is 2. The number of hydrogen-bond acceptors (Lipinski definition) is 6. The minimum absolute atomic E-state index is 0.0682. The van der Waals surface area contributed by atoms with E-state index in [1.807, 2.05) is 83.0 Å². The molecule has 4 aromatic rings. The van der Waals surface area contributed by atoms with E-state index >= 15 is 0 Å². The lowest BCUT2D eigenvalue weighted by Gasteiger charge is -2.09. The Morgan fingerprint density at radius 2 is 1.94 bits per heavy atom. The molecule has 0 saturated carbocycles. The van der Waals surface area contributed by atoms with Crippen molar-refractivity contribution < 1.29 is 9.53 Å². The summed E-state index contributed by atoms with van der Waals surface area (Å²) in [7, 11) is 1.59. The molecule has 7 nitrogen and oxygen atoms in total. The molecule has 0 bridgehead atoms. The van der Waals surface area contributed by atoms with Crippen LogP contribution in [0.25, 0.3) is 16.3 Å². The Kier molecular flexibility index (Phi) is 6.39. The number of ether oxygens (including phenoxy) is 1. The molecule has 2 N–H and O–H groups in total. The van der Waals surface area contributed by atoms with Crippen molar-refractivity contribution in [3.05, 3.63) is 83.9 Å². The first-order valence-corrected chi connectivity index (χ1v) is 10.5. The van der Waals surface area contributed by atoms with Gasteiger partial charge in [0.25, 0.3) is 5.91 Å². The summed E-state index contributed by atoms with van der Waals surface area (Å²) < 4.78 is 7.08. The van der Waals surface area contributed by atoms with Crippen molar-refractivity contribution in [1.82, 2.24) is 15.2 Å². The van der Waals surface area contributed by atoms with E-state index in [0.29, 0.717) is 5.75 Å². The zero-order chi connectivity index (χ0) is 21.5. The summed E-state index contributed by atoms with van der Waals surface area (Å²) in [6, 6.07) is 21.3. The van der Waals surface area contributed by atoms with E-state index in [0.717, 1.165) is 27.5 Å². The van der Waals surface area contributed by atoms with Crippen LogP contribution in [0.15, 0.2) is 83.4 Å². The predicted octanol–water partition coefficient (Wildman–Crippen LogP) is 4.17. The maximum atomic E-state index is 12.2. The Hall–Kier alpha value is -3.91. The number of rotatable bonds is 8. The number of nitrogens with zero attached hydrogens (tertiary/aromatic N) is 3. The number of amides is 1. The molecular formula is C23H21N5O2S. The zero-order valence-corrected chi connectivity index (χ0v) is 17.7. The number of methoxy groups -OCH3 is 1. The van der Waals surface area contributed by atoms with Crippen molar-refractivity contribution in [2.75, 3.05) is 19.0 Å². The van der Waals surface area contributed by atoms with Crippen LogP contribution < -0.4 is 15.5 Å². The number of carbonyl (C=O) groups is 1. The van der Waals surface area contributed by atoms with Gasteiger partial charge in [-0.3, -0.25) is 4.79 Å². The third-order valence-electron chi connectivity index (χ3n) is 4.46. The highest BCUT2D eigenvalue weighted by Crippen LogP contribution is 2.27. The Labute approximate surface area is 184 Å². The van der Waals surface area contributed by atoms with Gasteiger partial charge in [0.05, 0.1) is 36.1 Å². The lowest BCUT2D eigenvalue weighted by atomic mass is 10.2. The zero-order valence-electron chi connectivity index (χ0n) is 16.9. The molecular weight excluding hydrogens is 410 g/mol. The van der Waals surface area contributed by atoms with E-state index in [9.17, 15) is 4.79 Å². The number of benzene rings is 2. The molecule has 0 aliphatic rings. The minimum atomic E-state index is -0.268. The van der Waals surface area contributed by atoms with E-state index in [-0.39, 0.29) is 12.5 Å². The van der Waals surface area contributed by atoms with Gasteiger partial charge in [-0.2, -0.15) is 10.2 Å². The Balaban J connectivity index is 1.45. The minimum Gasteiger partial charge on any atom is -0.495 e. The molecule has 2 aromatic carbocycles. The summed E-state index contributed by atoms with van der Waals surface area (Å²) in [4.78, 5) is 13.2. The number of hydrogen-bond donors (Lipinski definition) is 2. The first kappa shape index (κ1) is 20.4. The molecule has 0 spiro atoms. The Morgan fingerprint density at radius 1 is 1.13 bits per heavy atom. The molecule has 2 heterocycles. The molecule has 4 rings (SSSR count). The van der Waals surface area contributed by atoms with Crippen LogP contribution in [-0.2, 0) is 4.79 Å². The summed E-state index contributed by atoms with van der Waals surface area (Å²) in [5.41, 5.74) is 5.87. The lowest BCUT2D eigenvalue weighted by molar-refractivity contribution is -0.119. The molecule has 0 aliphatic carbocycles. The van der Waals surface area contributed by atoms with Gasteiger partial charge in [0.1, 0.15) is 11.4 Å². The molecule has 8 heteroatoms. The Bertz CT molecular complexity index is 1170. The van der Waals surface area contributed by atoms with Crippen molar-refractivity contribution in [3.8, 4) is 22.0 Å². The van der Waals surface area contributed by atoms with Gasteiger partial charge in [-0.05, 0) is 35.7 Å². The van der Waals surface area contributed by atoms with Gasteiger partial charge in [-0.25, -0.2) is 10.1 Å². The fourth-order valence-electron chi connectivity index (χ4n) is 2.98. The van der Waals surface area contributed by atoms with Crippen LogP contribution in [0, 0.1) is 0 Å². The van der Waals surface area contributed by atoms with Crippen LogP contribution in [0.4, 0.5) is 5.69 Å². The average molecular weight is 432 g/mol. The van der Waals surface area contributed by atoms with Crippen LogP contribution in [0.2, 0.25) is 0 Å². The molecule has 31 heavy (non-hydrogen) atoms. The van der Waals surface area contributed by atoms with Crippen LogP contribution in [0.3, 0.4) is 0 Å². The molecule has 1 amide bonds. The first-order chi connectivity index (χ1) is 15.2. The van der Waals surface area contributed by atoms with Crippen molar-refractivity contribution in [3.63, 3.8) is 0 Å². The monoisotopic (exact) mass is 431 g/mol. The van der Waals surface area contributed by atoms with Crippen LogP contribution in [0.1, 0.15) is 5.56 Å². The van der Waals surface area contributed by atoms with Gasteiger partial charge in [-0.15, -0.1) is 11.3 Å². The molecule has 0 fully saturated rings. The van der Waals surface area contributed by atoms with Gasteiger partial charge in [0.2, 0.25) is 0 Å². The smallest absolute Gasteiger partial charge is 0.259 e. The molecule has 0 unspecified atom stereocenters. The largest absolute Gasteiger partial charge is 0.495 e. The van der Waals surface area contributed by atoms with Gasteiger partial charge in [0, 0.05) is 11.8 Å². The van der Waals surface area contributed by atoms with E-state index in [1.54, 1.807) is 24.7 Å². The highest BCUT2D eigenvalue weighted by Gasteiger charge is 2.12. The number of para-hydroxylation sites is 3. The molecule has 0 saturated heterocycles. The number of anilines is 1. The fourth-order valence-corrected chi connectivity index (χ4v) is 3.71. The normalized spacial score (nSPS) is 10.9. The standard InChI is InChI=1S/C23H21N5O2S/c1-30-20-11-6-5-10-19(20)24-15-22(29)26-25-14-17-16-28(18-8-3-2-4-9-18)27-23(17)21-12-7-13-31-21/h2-14,16,24H,15H2,1H3,(H,26,29)/b25-14+. The summed E-state index contributed by atoms with van der Waals surface area (Å²) in [6.07, 6.45) is 3.51. The second kappa shape index (κ2) is 9.73. The lowest BCUT2D eigenvalue weighted by Crippen LogP contribution is -2.26. The molecule has 2 aromatic heterocycles. The van der Waals surface area contributed by atoms with Crippen LogP contribution in [-0.4, -0.2) is 35.6 Å². The molecule has 0 atom stereocenters. The third-order valence-corrected chi connectivity index (χ3v) is 5.33. The first-order valence-electron chi connectivity index (χ1n) is 9.62. The number of aromatic nitrogens is 2. The van der Waals surface area contributed by atoms with E-state index in [4.69, 9.17) is 9.84 Å². The molecule has 0 radical (unpaired) electrons. The number of thiophene rings is 1. The third kappa shape index (κ3) is 4.99. The van der Waals surface area contributed by atoms with Gasteiger partial charge < -0.3 is 10.1 Å². The van der Waals surface area contributed by atoms with E-state index in [2.05, 4.69) is 15.8 Å². The quantitative estimate of drug-likeness (QED) is 0.324. The SMILES string of the molecule is COc1ccccc1NCC(=O)N/N=C/c1cn(-c2ccccc2)nc1-c1cccs1. The van der Waals surface area contributed by atoms with Crippen molar-refractivity contribution in [1.29, 1.82) is 0 Å². The highest BCUT2D eigenvalue weighted by atomic mass is 32.1. The van der Waals surface area contributed by atoms with Crippen molar-refractivity contribution in [2.45, 2.75) is 0 Å². The predicted molar refractivity (Wildman–Crippen MR) is 124 cm³/mol. The van der Waals surface area contributed by atoms with Crippen molar-refractivity contribution in [2.24, 2.45) is 5.10 Å². The van der Waals surface area contributed by atoms with Gasteiger partial charge in [-0.1, -0.05) is 36.4 Å². The second-order valence-corrected chi connectivity index (χ2v) is 7.49. The molecule has 156 valence electrons. The van der Waals surface area contributed by atoms with E-state index in [1.165, 1.54) is 0 Å².